The van der Waals surface area contributed by atoms with Crippen molar-refractivity contribution in [1.29, 1.82) is 0 Å². The zero-order valence-corrected chi connectivity index (χ0v) is 12.5. The standard InChI is InChI=1S/C19H24O/c1-5-9-13-17(14-10-6-2)16-19(20)18(12-8-4)15-11-7-3/h5-11,13-15H,1,4,12,16H2,2-3H3/b10-6-,11-7-,13-9-,17-14+,18-15+. The van der Waals surface area contributed by atoms with Crippen molar-refractivity contribution in [2.45, 2.75) is 26.7 Å². The van der Waals surface area contributed by atoms with E-state index in [0.29, 0.717) is 12.8 Å². The molecule has 0 N–H and O–H groups in total. The molecule has 0 aliphatic heterocycles. The molecule has 0 fully saturated rings. The monoisotopic (exact) mass is 268 g/mol. The average molecular weight is 268 g/mol. The molecule has 0 amide bonds. The van der Waals surface area contributed by atoms with Crippen molar-refractivity contribution in [1.82, 2.24) is 0 Å². The van der Waals surface area contributed by atoms with Crippen molar-refractivity contribution in [2.75, 3.05) is 0 Å². The molecule has 0 aliphatic carbocycles. The summed E-state index contributed by atoms with van der Waals surface area (Å²) >= 11 is 0. The highest BCUT2D eigenvalue weighted by atomic mass is 16.1. The summed E-state index contributed by atoms with van der Waals surface area (Å²) in [6.07, 6.45) is 19.6. The number of carbonyl (C=O) groups excluding carboxylic acids is 1. The number of carbonyl (C=O) groups is 1. The van der Waals surface area contributed by atoms with E-state index in [4.69, 9.17) is 0 Å². The summed E-state index contributed by atoms with van der Waals surface area (Å²) in [5, 5.41) is 0. The van der Waals surface area contributed by atoms with Gasteiger partial charge in [-0.15, -0.1) is 6.58 Å². The molecule has 0 saturated heterocycles. The predicted octanol–water partition coefficient (Wildman–Crippen LogP) is 5.27. The van der Waals surface area contributed by atoms with E-state index in [2.05, 4.69) is 13.2 Å². The SMILES string of the molecule is C=C\C=C/C(=C\C=C/C)CC(=O)/C(=C/C=C\C)CC=C. The lowest BCUT2D eigenvalue weighted by Gasteiger charge is -2.04. The molecule has 0 atom stereocenters. The maximum absolute atomic E-state index is 12.3. The maximum Gasteiger partial charge on any atom is 0.163 e. The highest BCUT2D eigenvalue weighted by Crippen LogP contribution is 2.13. The number of ketones is 1. The van der Waals surface area contributed by atoms with Gasteiger partial charge >= 0.3 is 0 Å². The Morgan fingerprint density at radius 1 is 1.00 bits per heavy atom. The van der Waals surface area contributed by atoms with Crippen LogP contribution < -0.4 is 0 Å². The third-order valence-corrected chi connectivity index (χ3v) is 2.53. The fourth-order valence-electron chi connectivity index (χ4n) is 1.53. The van der Waals surface area contributed by atoms with Crippen molar-refractivity contribution in [3.8, 4) is 0 Å². The average Bonchev–Trinajstić information content (AvgIpc) is 2.46. The molecule has 0 radical (unpaired) electrons. The fourth-order valence-corrected chi connectivity index (χ4v) is 1.53. The number of hydrogen-bond acceptors (Lipinski definition) is 1. The van der Waals surface area contributed by atoms with Crippen molar-refractivity contribution >= 4 is 5.78 Å². The minimum Gasteiger partial charge on any atom is -0.294 e. The van der Waals surface area contributed by atoms with Gasteiger partial charge in [0.2, 0.25) is 0 Å². The summed E-state index contributed by atoms with van der Waals surface area (Å²) < 4.78 is 0. The summed E-state index contributed by atoms with van der Waals surface area (Å²) in [6.45, 7) is 11.2. The number of Topliss-reactive ketones (excluding diaryl/α,β-unsaturated/α-hetero) is 1. The van der Waals surface area contributed by atoms with Gasteiger partial charge in [0.1, 0.15) is 0 Å². The van der Waals surface area contributed by atoms with Crippen LogP contribution in [0.2, 0.25) is 0 Å². The van der Waals surface area contributed by atoms with Crippen molar-refractivity contribution in [3.05, 3.63) is 85.1 Å². The highest BCUT2D eigenvalue weighted by Gasteiger charge is 2.08. The zero-order valence-electron chi connectivity index (χ0n) is 12.5. The molecule has 0 aromatic heterocycles. The van der Waals surface area contributed by atoms with Crippen molar-refractivity contribution < 1.29 is 4.79 Å². The maximum atomic E-state index is 12.3. The van der Waals surface area contributed by atoms with E-state index < -0.39 is 0 Å². The van der Waals surface area contributed by atoms with E-state index in [-0.39, 0.29) is 5.78 Å². The van der Waals surface area contributed by atoms with Crippen molar-refractivity contribution in [3.63, 3.8) is 0 Å². The molecule has 0 spiro atoms. The van der Waals surface area contributed by atoms with Crippen LogP contribution in [0.15, 0.2) is 85.1 Å². The molecule has 106 valence electrons. The lowest BCUT2D eigenvalue weighted by molar-refractivity contribution is -0.115. The number of hydrogen-bond donors (Lipinski definition) is 0. The van der Waals surface area contributed by atoms with E-state index in [1.807, 2.05) is 62.5 Å². The summed E-state index contributed by atoms with van der Waals surface area (Å²) in [5.41, 5.74) is 1.74. The molecule has 0 heterocycles. The van der Waals surface area contributed by atoms with Gasteiger partial charge in [0, 0.05) is 6.42 Å². The second-order valence-corrected chi connectivity index (χ2v) is 4.17. The quantitative estimate of drug-likeness (QED) is 0.316. The Labute approximate surface area is 123 Å². The molecule has 1 nitrogen and oxygen atoms in total. The first kappa shape index (κ1) is 17.8. The minimum atomic E-state index is 0.118. The third kappa shape index (κ3) is 8.04. The summed E-state index contributed by atoms with van der Waals surface area (Å²) in [5.74, 6) is 0.118. The summed E-state index contributed by atoms with van der Waals surface area (Å²) in [6, 6.07) is 0. The molecule has 0 aliphatic rings. The smallest absolute Gasteiger partial charge is 0.163 e. The molecule has 20 heavy (non-hydrogen) atoms. The third-order valence-electron chi connectivity index (χ3n) is 2.53. The number of rotatable bonds is 9. The van der Waals surface area contributed by atoms with Gasteiger partial charge in [0.15, 0.2) is 5.78 Å². The van der Waals surface area contributed by atoms with Gasteiger partial charge in [0.05, 0.1) is 0 Å². The van der Waals surface area contributed by atoms with Crippen LogP contribution in [0.25, 0.3) is 0 Å². The Morgan fingerprint density at radius 2 is 1.65 bits per heavy atom. The Bertz CT molecular complexity index is 468. The van der Waals surface area contributed by atoms with Crippen LogP contribution in [0.1, 0.15) is 26.7 Å². The zero-order chi connectivity index (χ0) is 15.2. The van der Waals surface area contributed by atoms with Crippen molar-refractivity contribution in [2.24, 2.45) is 0 Å². The van der Waals surface area contributed by atoms with Crippen LogP contribution in [0.5, 0.6) is 0 Å². The van der Waals surface area contributed by atoms with E-state index in [1.165, 1.54) is 0 Å². The van der Waals surface area contributed by atoms with E-state index in [0.717, 1.165) is 11.1 Å². The topological polar surface area (TPSA) is 17.1 Å². The second kappa shape index (κ2) is 11.9. The molecule has 0 aromatic rings. The first-order valence-electron chi connectivity index (χ1n) is 6.76. The molecule has 0 aromatic carbocycles. The molecule has 0 bridgehead atoms. The Kier molecular flexibility index (Phi) is 10.6. The molecular weight excluding hydrogens is 244 g/mol. The van der Waals surface area contributed by atoms with Crippen LogP contribution in [0, 0.1) is 0 Å². The molecule has 0 rings (SSSR count). The van der Waals surface area contributed by atoms with E-state index in [9.17, 15) is 4.79 Å². The van der Waals surface area contributed by atoms with Crippen LogP contribution >= 0.6 is 0 Å². The molecular formula is C19H24O. The van der Waals surface area contributed by atoms with E-state index in [1.54, 1.807) is 12.2 Å². The summed E-state index contributed by atoms with van der Waals surface area (Å²) in [4.78, 5) is 12.3. The lowest BCUT2D eigenvalue weighted by atomic mass is 9.99. The lowest BCUT2D eigenvalue weighted by Crippen LogP contribution is -2.03. The first-order chi connectivity index (χ1) is 9.69. The summed E-state index contributed by atoms with van der Waals surface area (Å²) in [7, 11) is 0. The van der Waals surface area contributed by atoms with Gasteiger partial charge < -0.3 is 0 Å². The first-order valence-corrected chi connectivity index (χ1v) is 6.76. The normalized spacial score (nSPS) is 13.5. The van der Waals surface area contributed by atoms with Crippen LogP contribution in [-0.2, 0) is 4.79 Å². The van der Waals surface area contributed by atoms with Crippen LogP contribution in [0.4, 0.5) is 0 Å². The highest BCUT2D eigenvalue weighted by molar-refractivity contribution is 5.97. The Balaban J connectivity index is 5.08. The predicted molar refractivity (Wildman–Crippen MR) is 89.6 cm³/mol. The van der Waals surface area contributed by atoms with Gasteiger partial charge in [-0.05, 0) is 31.4 Å². The molecule has 0 unspecified atom stereocenters. The largest absolute Gasteiger partial charge is 0.294 e. The second-order valence-electron chi connectivity index (χ2n) is 4.17. The molecule has 1 heteroatoms. The van der Waals surface area contributed by atoms with Crippen LogP contribution in [0.3, 0.4) is 0 Å². The van der Waals surface area contributed by atoms with E-state index >= 15 is 0 Å². The Hall–Kier alpha value is -2.15. The van der Waals surface area contributed by atoms with Crippen LogP contribution in [-0.4, -0.2) is 5.78 Å². The van der Waals surface area contributed by atoms with Gasteiger partial charge in [-0.3, -0.25) is 4.79 Å². The fraction of sp³-hybridized carbons (Fsp3) is 0.211. The van der Waals surface area contributed by atoms with Gasteiger partial charge in [-0.25, -0.2) is 0 Å². The number of allylic oxidation sites excluding steroid dienone is 12. The minimum absolute atomic E-state index is 0.118. The van der Waals surface area contributed by atoms with Gasteiger partial charge in [0.25, 0.3) is 0 Å². The molecule has 0 saturated carbocycles. The van der Waals surface area contributed by atoms with Gasteiger partial charge in [-0.1, -0.05) is 67.3 Å². The van der Waals surface area contributed by atoms with Gasteiger partial charge in [-0.2, -0.15) is 0 Å². The Morgan fingerprint density at radius 3 is 2.20 bits per heavy atom.